The van der Waals surface area contributed by atoms with Gasteiger partial charge in [0.2, 0.25) is 0 Å². The predicted octanol–water partition coefficient (Wildman–Crippen LogP) is 1.20. The minimum Gasteiger partial charge on any atom is -0.358 e. The molecule has 1 aliphatic rings. The Hall–Kier alpha value is -3.14. The summed E-state index contributed by atoms with van der Waals surface area (Å²) in [5.41, 5.74) is 0.751. The molecule has 1 N–H and O–H groups in total. The van der Waals surface area contributed by atoms with Crippen LogP contribution in [0.25, 0.3) is 0 Å². The molecule has 3 rings (SSSR count). The van der Waals surface area contributed by atoms with E-state index in [2.05, 4.69) is 15.1 Å². The van der Waals surface area contributed by atoms with E-state index in [9.17, 15) is 24.1 Å². The van der Waals surface area contributed by atoms with E-state index in [1.54, 1.807) is 17.0 Å². The number of nitrogens with zero attached hydrogens (tertiary/aromatic N) is 4. The lowest BCUT2D eigenvalue weighted by Crippen LogP contribution is -2.49. The van der Waals surface area contributed by atoms with Crippen molar-refractivity contribution in [1.29, 1.82) is 0 Å². The Labute approximate surface area is 153 Å². The summed E-state index contributed by atoms with van der Waals surface area (Å²) in [6.45, 7) is 2.45. The van der Waals surface area contributed by atoms with Gasteiger partial charge in [0.05, 0.1) is 12.0 Å². The molecule has 1 aromatic carbocycles. The molecule has 9 nitrogen and oxygen atoms in total. The van der Waals surface area contributed by atoms with Crippen molar-refractivity contribution in [2.24, 2.45) is 0 Å². The van der Waals surface area contributed by atoms with Crippen molar-refractivity contribution in [3.8, 4) is 0 Å². The Morgan fingerprint density at radius 2 is 1.96 bits per heavy atom. The topological polar surface area (TPSA) is 112 Å². The molecule has 0 aliphatic carbocycles. The van der Waals surface area contributed by atoms with Gasteiger partial charge in [-0.25, -0.2) is 4.39 Å². The summed E-state index contributed by atoms with van der Waals surface area (Å²) in [6, 6.07) is 6.96. The van der Waals surface area contributed by atoms with Gasteiger partial charge in [0, 0.05) is 32.7 Å². The lowest BCUT2D eigenvalue weighted by molar-refractivity contribution is -0.389. The number of rotatable bonds is 6. The molecule has 1 fully saturated rings. The smallest absolute Gasteiger partial charge is 0.343 e. The maximum absolute atomic E-state index is 13.0. The zero-order valence-corrected chi connectivity index (χ0v) is 14.4. The van der Waals surface area contributed by atoms with Crippen LogP contribution in [0.3, 0.4) is 0 Å². The molecule has 1 aromatic heterocycles. The van der Waals surface area contributed by atoms with Gasteiger partial charge in [-0.3, -0.25) is 9.69 Å². The number of aromatic amines is 1. The van der Waals surface area contributed by atoms with E-state index in [4.69, 9.17) is 0 Å². The van der Waals surface area contributed by atoms with Crippen molar-refractivity contribution >= 4 is 18.0 Å². The minimum absolute atomic E-state index is 0.00669. The summed E-state index contributed by atoms with van der Waals surface area (Å²) >= 11 is 0. The number of carbonyl (C=O) groups is 2. The van der Waals surface area contributed by atoms with Gasteiger partial charge in [0.1, 0.15) is 12.1 Å². The quantitative estimate of drug-likeness (QED) is 0.461. The molecule has 0 radical (unpaired) electrons. The Morgan fingerprint density at radius 3 is 2.52 bits per heavy atom. The summed E-state index contributed by atoms with van der Waals surface area (Å²) in [5, 5.41) is 16.6. The van der Waals surface area contributed by atoms with Crippen LogP contribution in [-0.2, 0) is 4.79 Å². The minimum atomic E-state index is -0.642. The van der Waals surface area contributed by atoms with Crippen molar-refractivity contribution in [1.82, 2.24) is 20.0 Å². The van der Waals surface area contributed by atoms with Crippen molar-refractivity contribution in [3.05, 3.63) is 57.5 Å². The van der Waals surface area contributed by atoms with Gasteiger partial charge in [-0.15, -0.1) is 5.10 Å². The third kappa shape index (κ3) is 4.34. The van der Waals surface area contributed by atoms with Gasteiger partial charge in [-0.05, 0) is 22.6 Å². The summed E-state index contributed by atoms with van der Waals surface area (Å²) in [5.74, 6) is -1.43. The molecule has 1 saturated heterocycles. The number of aromatic nitrogens is 2. The summed E-state index contributed by atoms with van der Waals surface area (Å²) < 4.78 is 13.0. The first kappa shape index (κ1) is 18.6. The molecule has 2 heterocycles. The van der Waals surface area contributed by atoms with E-state index in [-0.39, 0.29) is 29.2 Å². The Morgan fingerprint density at radius 1 is 1.30 bits per heavy atom. The fraction of sp³-hybridized carbons (Fsp3) is 0.353. The average molecular weight is 375 g/mol. The second-order valence-electron chi connectivity index (χ2n) is 6.28. The second-order valence-corrected chi connectivity index (χ2v) is 6.28. The van der Waals surface area contributed by atoms with E-state index in [1.165, 1.54) is 12.1 Å². The zero-order chi connectivity index (χ0) is 19.4. The van der Waals surface area contributed by atoms with Crippen LogP contribution in [0, 0.1) is 15.9 Å². The molecule has 142 valence electrons. The molecule has 1 aliphatic heterocycles. The van der Waals surface area contributed by atoms with Crippen LogP contribution in [0.1, 0.15) is 22.0 Å². The number of halogens is 1. The Bertz CT molecular complexity index is 830. The Balaban J connectivity index is 1.56. The van der Waals surface area contributed by atoms with Crippen LogP contribution in [0.5, 0.6) is 0 Å². The van der Waals surface area contributed by atoms with Crippen molar-refractivity contribution in [2.45, 2.75) is 5.92 Å². The van der Waals surface area contributed by atoms with Crippen LogP contribution in [0.15, 0.2) is 30.3 Å². The summed E-state index contributed by atoms with van der Waals surface area (Å²) in [4.78, 5) is 37.5. The third-order valence-corrected chi connectivity index (χ3v) is 4.56. The molecule has 1 atom stereocenters. The van der Waals surface area contributed by atoms with Gasteiger partial charge in [-0.1, -0.05) is 17.2 Å². The van der Waals surface area contributed by atoms with E-state index < -0.39 is 4.92 Å². The Kier molecular flexibility index (Phi) is 5.55. The van der Waals surface area contributed by atoms with Crippen LogP contribution < -0.4 is 0 Å². The molecule has 0 bridgehead atoms. The maximum Gasteiger partial charge on any atom is 0.343 e. The monoisotopic (exact) mass is 375 g/mol. The molecule has 0 spiro atoms. The number of hydrogen-bond acceptors (Lipinski definition) is 6. The highest BCUT2D eigenvalue weighted by Gasteiger charge is 2.27. The summed E-state index contributed by atoms with van der Waals surface area (Å²) in [7, 11) is 0. The fourth-order valence-corrected chi connectivity index (χ4v) is 3.03. The molecular weight excluding hydrogens is 357 g/mol. The predicted molar refractivity (Wildman–Crippen MR) is 92.8 cm³/mol. The van der Waals surface area contributed by atoms with Gasteiger partial charge in [0.15, 0.2) is 5.69 Å². The normalized spacial score (nSPS) is 16.1. The number of benzene rings is 1. The van der Waals surface area contributed by atoms with Crippen LogP contribution in [0.2, 0.25) is 0 Å². The van der Waals surface area contributed by atoms with Gasteiger partial charge in [0.25, 0.3) is 5.91 Å². The first-order valence-electron chi connectivity index (χ1n) is 8.40. The highest BCUT2D eigenvalue weighted by Crippen LogP contribution is 2.18. The SMILES string of the molecule is O=CC(CN1CCN(C(=O)c2cc([N+](=O)[O-])[nH]n2)CC1)c1ccc(F)cc1. The highest BCUT2D eigenvalue weighted by molar-refractivity contribution is 5.92. The molecular formula is C17H18FN5O4. The standard InChI is InChI=1S/C17H18FN5O4/c18-14-3-1-12(2-4-14)13(11-24)10-21-5-7-22(8-6-21)17(25)15-9-16(20-19-15)23(26)27/h1-4,9,11,13H,5-8,10H2,(H,19,20). The fourth-order valence-electron chi connectivity index (χ4n) is 3.03. The van der Waals surface area contributed by atoms with Crippen molar-refractivity contribution < 1.29 is 18.9 Å². The van der Waals surface area contributed by atoms with Crippen LogP contribution in [0.4, 0.5) is 10.2 Å². The van der Waals surface area contributed by atoms with E-state index >= 15 is 0 Å². The average Bonchev–Trinajstić information content (AvgIpc) is 3.17. The number of amides is 1. The molecule has 1 amide bonds. The van der Waals surface area contributed by atoms with Crippen LogP contribution >= 0.6 is 0 Å². The second kappa shape index (κ2) is 8.04. The zero-order valence-electron chi connectivity index (χ0n) is 14.4. The summed E-state index contributed by atoms with van der Waals surface area (Å²) in [6.07, 6.45) is 0.841. The van der Waals surface area contributed by atoms with E-state index in [1.807, 2.05) is 0 Å². The number of nitrogens with one attached hydrogen (secondary N) is 1. The van der Waals surface area contributed by atoms with E-state index in [0.717, 1.165) is 17.9 Å². The van der Waals surface area contributed by atoms with Crippen molar-refractivity contribution in [3.63, 3.8) is 0 Å². The van der Waals surface area contributed by atoms with Gasteiger partial charge >= 0.3 is 5.82 Å². The molecule has 1 unspecified atom stereocenters. The first-order valence-corrected chi connectivity index (χ1v) is 8.40. The largest absolute Gasteiger partial charge is 0.358 e. The van der Waals surface area contributed by atoms with E-state index in [0.29, 0.717) is 32.7 Å². The number of piperazine rings is 1. The number of aldehydes is 1. The first-order chi connectivity index (χ1) is 13.0. The van der Waals surface area contributed by atoms with Gasteiger partial charge < -0.3 is 19.8 Å². The molecule has 0 saturated carbocycles. The third-order valence-electron chi connectivity index (χ3n) is 4.56. The number of carbonyl (C=O) groups excluding carboxylic acids is 2. The van der Waals surface area contributed by atoms with Crippen LogP contribution in [-0.4, -0.2) is 69.8 Å². The number of hydrogen-bond donors (Lipinski definition) is 1. The molecule has 27 heavy (non-hydrogen) atoms. The van der Waals surface area contributed by atoms with Gasteiger partial charge in [-0.2, -0.15) is 0 Å². The van der Waals surface area contributed by atoms with Crippen molar-refractivity contribution in [2.75, 3.05) is 32.7 Å². The maximum atomic E-state index is 13.0. The lowest BCUT2D eigenvalue weighted by Gasteiger charge is -2.35. The lowest BCUT2D eigenvalue weighted by atomic mass is 9.99. The molecule has 10 heteroatoms. The highest BCUT2D eigenvalue weighted by atomic mass is 19.1. The number of H-pyrrole nitrogens is 1. The number of nitro groups is 1. The molecule has 2 aromatic rings.